The summed E-state index contributed by atoms with van der Waals surface area (Å²) in [6, 6.07) is 14.1. The zero-order chi connectivity index (χ0) is 43.3. The minimum Gasteiger partial charge on any atom is -0.475 e. The van der Waals surface area contributed by atoms with Crippen LogP contribution in [0.5, 0.6) is 0 Å². The zero-order valence-electron chi connectivity index (χ0n) is 30.1. The summed E-state index contributed by atoms with van der Waals surface area (Å²) in [6.07, 6.45) is -5.13. The molecule has 23 heteroatoms. The van der Waals surface area contributed by atoms with Crippen molar-refractivity contribution in [3.8, 4) is 11.3 Å². The number of alkyl halides is 9. The SMILES string of the molecule is O=C(NCCN1CCCCC1)c1c2c(n3ncc(-c4ccccc4)nc13)CN(Cc1cccnc1)CC2.O=C(O)C(F)(F)F.O=C(O)C(F)(F)F.O=C(O)C(F)(F)F. The van der Waals surface area contributed by atoms with Crippen LogP contribution in [0.15, 0.2) is 61.1 Å². The Morgan fingerprint density at radius 3 is 1.81 bits per heavy atom. The first kappa shape index (κ1) is 46.5. The van der Waals surface area contributed by atoms with Gasteiger partial charge in [0, 0.05) is 50.7 Å². The van der Waals surface area contributed by atoms with Crippen LogP contribution in [0, 0.1) is 0 Å². The highest BCUT2D eigenvalue weighted by molar-refractivity contribution is 6.02. The lowest BCUT2D eigenvalue weighted by molar-refractivity contribution is -0.193. The van der Waals surface area contributed by atoms with Crippen molar-refractivity contribution in [3.05, 3.63) is 83.4 Å². The molecule has 5 heterocycles. The Morgan fingerprint density at radius 2 is 1.29 bits per heavy atom. The first-order valence-electron chi connectivity index (χ1n) is 17.1. The lowest BCUT2D eigenvalue weighted by Crippen LogP contribution is -2.38. The standard InChI is InChI=1S/C29H33N7O.3C2HF3O2/c37-29(31-13-17-34-14-5-2-6-15-34)27-24-11-16-35(20-22-8-7-12-30-18-22)21-26(24)36-28(27)33-25(19-32-36)23-9-3-1-4-10-23;3*3-2(4,5)1(6)7/h1,3-4,7-10,12,18-19H,2,5-6,11,13-17,20-21H2,(H,31,37);3*(H,6,7). The molecular formula is C35H36F9N7O7. The van der Waals surface area contributed by atoms with Crippen molar-refractivity contribution in [1.29, 1.82) is 0 Å². The van der Waals surface area contributed by atoms with Crippen molar-refractivity contribution < 1.29 is 74.0 Å². The molecule has 2 aliphatic heterocycles. The van der Waals surface area contributed by atoms with Crippen molar-refractivity contribution in [1.82, 2.24) is 34.7 Å². The maximum absolute atomic E-state index is 13.6. The van der Waals surface area contributed by atoms with Crippen LogP contribution in [0.4, 0.5) is 39.5 Å². The van der Waals surface area contributed by atoms with E-state index in [1.54, 1.807) is 12.4 Å². The number of carbonyl (C=O) groups excluding carboxylic acids is 1. The van der Waals surface area contributed by atoms with E-state index in [-0.39, 0.29) is 5.91 Å². The predicted molar refractivity (Wildman–Crippen MR) is 184 cm³/mol. The maximum atomic E-state index is 13.6. The van der Waals surface area contributed by atoms with Crippen LogP contribution in [0.3, 0.4) is 0 Å². The summed E-state index contributed by atoms with van der Waals surface area (Å²) < 4.78 is 97.1. The molecule has 6 rings (SSSR count). The van der Waals surface area contributed by atoms with Crippen LogP contribution in [0.25, 0.3) is 16.9 Å². The number of fused-ring (bicyclic) bond motifs is 3. The number of amides is 1. The van der Waals surface area contributed by atoms with Gasteiger partial charge < -0.3 is 25.5 Å². The van der Waals surface area contributed by atoms with Gasteiger partial charge in [-0.3, -0.25) is 14.7 Å². The van der Waals surface area contributed by atoms with Gasteiger partial charge in [-0.2, -0.15) is 44.6 Å². The lowest BCUT2D eigenvalue weighted by Gasteiger charge is -2.27. The van der Waals surface area contributed by atoms with Gasteiger partial charge in [-0.15, -0.1) is 0 Å². The van der Waals surface area contributed by atoms with E-state index in [0.717, 1.165) is 61.7 Å². The molecule has 0 bridgehead atoms. The van der Waals surface area contributed by atoms with Gasteiger partial charge in [-0.05, 0) is 49.5 Å². The highest BCUT2D eigenvalue weighted by Gasteiger charge is 2.39. The summed E-state index contributed by atoms with van der Waals surface area (Å²) in [5.41, 5.74) is 6.40. The number of nitrogens with zero attached hydrogens (tertiary/aromatic N) is 6. The molecule has 0 aliphatic carbocycles. The first-order valence-corrected chi connectivity index (χ1v) is 17.1. The Hall–Kier alpha value is -5.84. The summed E-state index contributed by atoms with van der Waals surface area (Å²) in [7, 11) is 0. The number of carboxylic acids is 3. The Balaban J connectivity index is 0.000000353. The molecule has 3 aromatic heterocycles. The minimum absolute atomic E-state index is 0.0454. The Kier molecular flexibility index (Phi) is 16.5. The Morgan fingerprint density at radius 1 is 0.724 bits per heavy atom. The average Bonchev–Trinajstić information content (AvgIpc) is 3.48. The molecule has 0 spiro atoms. The lowest BCUT2D eigenvalue weighted by atomic mass is 10.0. The predicted octanol–water partition coefficient (Wildman–Crippen LogP) is 5.47. The molecular weight excluding hydrogens is 801 g/mol. The van der Waals surface area contributed by atoms with E-state index in [0.29, 0.717) is 24.3 Å². The van der Waals surface area contributed by atoms with Crippen molar-refractivity contribution in [3.63, 3.8) is 0 Å². The van der Waals surface area contributed by atoms with Crippen molar-refractivity contribution in [2.24, 2.45) is 0 Å². The number of pyridine rings is 1. The number of aromatic nitrogens is 4. The van der Waals surface area contributed by atoms with E-state index in [2.05, 4.69) is 26.2 Å². The molecule has 0 radical (unpaired) electrons. The molecule has 1 saturated heterocycles. The highest BCUT2D eigenvalue weighted by atomic mass is 19.4. The zero-order valence-corrected chi connectivity index (χ0v) is 30.1. The van der Waals surface area contributed by atoms with Gasteiger partial charge in [-0.25, -0.2) is 23.9 Å². The molecule has 58 heavy (non-hydrogen) atoms. The fourth-order valence-electron chi connectivity index (χ4n) is 5.59. The molecule has 2 aliphatic rings. The number of nitrogens with one attached hydrogen (secondary N) is 1. The van der Waals surface area contributed by atoms with Gasteiger partial charge in [0.25, 0.3) is 5.91 Å². The second-order valence-corrected chi connectivity index (χ2v) is 12.4. The van der Waals surface area contributed by atoms with Crippen molar-refractivity contribution >= 4 is 29.5 Å². The Bertz CT molecular complexity index is 1930. The van der Waals surface area contributed by atoms with Gasteiger partial charge >= 0.3 is 36.4 Å². The summed E-state index contributed by atoms with van der Waals surface area (Å²) in [5.74, 6) is -8.32. The molecule has 1 amide bonds. The molecule has 0 saturated carbocycles. The largest absolute Gasteiger partial charge is 0.490 e. The third-order valence-electron chi connectivity index (χ3n) is 8.22. The van der Waals surface area contributed by atoms with Crippen LogP contribution in [0.2, 0.25) is 0 Å². The number of aliphatic carboxylic acids is 3. The molecule has 316 valence electrons. The first-order chi connectivity index (χ1) is 27.1. The van der Waals surface area contributed by atoms with Crippen molar-refractivity contribution in [2.45, 2.75) is 57.3 Å². The van der Waals surface area contributed by atoms with Crippen LogP contribution in [0.1, 0.15) is 46.4 Å². The normalized spacial score (nSPS) is 14.6. The van der Waals surface area contributed by atoms with E-state index in [1.165, 1.54) is 24.8 Å². The molecule has 14 nitrogen and oxygen atoms in total. The fraction of sp³-hybridized carbons (Fsp3) is 0.400. The molecule has 1 fully saturated rings. The maximum Gasteiger partial charge on any atom is 0.490 e. The van der Waals surface area contributed by atoms with Gasteiger partial charge in [0.2, 0.25) is 0 Å². The molecule has 4 aromatic rings. The average molecular weight is 838 g/mol. The molecule has 1 aromatic carbocycles. The van der Waals surface area contributed by atoms with E-state index in [1.807, 2.05) is 47.1 Å². The summed E-state index contributed by atoms with van der Waals surface area (Å²) in [6.45, 7) is 6.18. The molecule has 0 unspecified atom stereocenters. The monoisotopic (exact) mass is 837 g/mol. The molecule has 0 atom stereocenters. The number of piperidine rings is 1. The van der Waals surface area contributed by atoms with Crippen LogP contribution < -0.4 is 5.32 Å². The van der Waals surface area contributed by atoms with E-state index in [4.69, 9.17) is 39.8 Å². The number of benzene rings is 1. The van der Waals surface area contributed by atoms with Crippen LogP contribution in [-0.2, 0) is 33.9 Å². The topological polar surface area (TPSA) is 191 Å². The van der Waals surface area contributed by atoms with Gasteiger partial charge in [0.05, 0.1) is 23.1 Å². The van der Waals surface area contributed by atoms with Gasteiger partial charge in [0.15, 0.2) is 5.65 Å². The minimum atomic E-state index is -5.08. The number of rotatable bonds is 7. The fourth-order valence-corrected chi connectivity index (χ4v) is 5.59. The van der Waals surface area contributed by atoms with E-state index >= 15 is 0 Å². The number of hydrogen-bond donors (Lipinski definition) is 4. The number of carbonyl (C=O) groups is 4. The third-order valence-corrected chi connectivity index (χ3v) is 8.22. The third kappa shape index (κ3) is 14.3. The number of likely N-dealkylation sites (tertiary alicyclic amines) is 1. The van der Waals surface area contributed by atoms with Crippen LogP contribution >= 0.6 is 0 Å². The number of halogens is 9. The van der Waals surface area contributed by atoms with E-state index < -0.39 is 36.4 Å². The molecule has 4 N–H and O–H groups in total. The smallest absolute Gasteiger partial charge is 0.475 e. The van der Waals surface area contributed by atoms with Crippen LogP contribution in [-0.4, -0.2) is 120 Å². The summed E-state index contributed by atoms with van der Waals surface area (Å²) in [5, 5.41) is 29.4. The second-order valence-electron chi connectivity index (χ2n) is 12.4. The quantitative estimate of drug-likeness (QED) is 0.172. The summed E-state index contributed by atoms with van der Waals surface area (Å²) >= 11 is 0. The number of carboxylic acid groups (broad SMARTS) is 3. The summed E-state index contributed by atoms with van der Waals surface area (Å²) in [4.78, 5) is 54.4. The van der Waals surface area contributed by atoms with Gasteiger partial charge in [-0.1, -0.05) is 42.8 Å². The van der Waals surface area contributed by atoms with Gasteiger partial charge in [0.1, 0.15) is 0 Å². The number of hydrogen-bond acceptors (Lipinski definition) is 9. The Labute approximate surface area is 322 Å². The second kappa shape index (κ2) is 20.5. The van der Waals surface area contributed by atoms with E-state index in [9.17, 15) is 44.3 Å². The van der Waals surface area contributed by atoms with Crippen molar-refractivity contribution in [2.75, 3.05) is 32.7 Å². The highest BCUT2D eigenvalue weighted by Crippen LogP contribution is 2.30.